The average Bonchev–Trinajstić information content (AvgIpc) is 2.70. The highest BCUT2D eigenvalue weighted by Gasteiger charge is 2.28. The van der Waals surface area contributed by atoms with Crippen molar-refractivity contribution in [3.05, 3.63) is 42.0 Å². The molecule has 0 fully saturated rings. The summed E-state index contributed by atoms with van der Waals surface area (Å²) in [6, 6.07) is 3.74. The molecule has 0 saturated carbocycles. The Balaban J connectivity index is 2.05. The van der Waals surface area contributed by atoms with Crippen molar-refractivity contribution in [1.29, 1.82) is 0 Å². The standard InChI is InChI=1S/C19H22F3N5O3/c1-4-13(12-5-6-16(23-8-12)30-9-19(20,21)22)26-18(29)14-7-15(25-10-24-14)27-17(28)11(2)3/h5-8,10-11,13H,4,9H2,1-3H3,(H,26,29)(H,24,25,27,28). The second kappa shape index (κ2) is 9.99. The van der Waals surface area contributed by atoms with E-state index in [4.69, 9.17) is 0 Å². The van der Waals surface area contributed by atoms with E-state index in [1.54, 1.807) is 13.8 Å². The van der Waals surface area contributed by atoms with Crippen LogP contribution in [0.15, 0.2) is 30.7 Å². The molecule has 0 aliphatic rings. The van der Waals surface area contributed by atoms with Crippen molar-refractivity contribution >= 4 is 17.6 Å². The van der Waals surface area contributed by atoms with Gasteiger partial charge in [0.2, 0.25) is 11.8 Å². The minimum absolute atomic E-state index is 0.0561. The van der Waals surface area contributed by atoms with Crippen molar-refractivity contribution in [1.82, 2.24) is 20.3 Å². The van der Waals surface area contributed by atoms with E-state index in [0.29, 0.717) is 12.0 Å². The number of nitrogens with one attached hydrogen (secondary N) is 2. The van der Waals surface area contributed by atoms with E-state index < -0.39 is 24.7 Å². The number of hydrogen-bond donors (Lipinski definition) is 2. The molecule has 0 aliphatic heterocycles. The number of nitrogens with zero attached hydrogens (tertiary/aromatic N) is 3. The van der Waals surface area contributed by atoms with Gasteiger partial charge in [-0.05, 0) is 12.0 Å². The highest BCUT2D eigenvalue weighted by atomic mass is 19.4. The Kier molecular flexibility index (Phi) is 7.67. The van der Waals surface area contributed by atoms with Gasteiger partial charge in [-0.25, -0.2) is 15.0 Å². The van der Waals surface area contributed by atoms with Gasteiger partial charge in [0, 0.05) is 24.2 Å². The lowest BCUT2D eigenvalue weighted by Gasteiger charge is -2.17. The normalized spacial score (nSPS) is 12.4. The van der Waals surface area contributed by atoms with Crippen molar-refractivity contribution in [2.75, 3.05) is 11.9 Å². The SMILES string of the molecule is CCC(NC(=O)c1cc(NC(=O)C(C)C)ncn1)c1ccc(OCC(F)(F)F)nc1. The summed E-state index contributed by atoms with van der Waals surface area (Å²) in [5.41, 5.74) is 0.646. The fraction of sp³-hybridized carbons (Fsp3) is 0.421. The minimum Gasteiger partial charge on any atom is -0.468 e. The summed E-state index contributed by atoms with van der Waals surface area (Å²) in [7, 11) is 0. The number of anilines is 1. The minimum atomic E-state index is -4.45. The fourth-order valence-electron chi connectivity index (χ4n) is 2.31. The maximum absolute atomic E-state index is 12.6. The molecule has 8 nitrogen and oxygen atoms in total. The quantitative estimate of drug-likeness (QED) is 0.672. The molecule has 0 spiro atoms. The first kappa shape index (κ1) is 23.0. The molecule has 0 aliphatic carbocycles. The van der Waals surface area contributed by atoms with Crippen LogP contribution in [0.3, 0.4) is 0 Å². The molecule has 1 unspecified atom stereocenters. The van der Waals surface area contributed by atoms with Gasteiger partial charge < -0.3 is 15.4 Å². The van der Waals surface area contributed by atoms with Crippen molar-refractivity contribution in [2.45, 2.75) is 39.4 Å². The van der Waals surface area contributed by atoms with Crippen molar-refractivity contribution < 1.29 is 27.5 Å². The van der Waals surface area contributed by atoms with Crippen LogP contribution in [0.1, 0.15) is 49.3 Å². The van der Waals surface area contributed by atoms with Gasteiger partial charge in [0.05, 0.1) is 6.04 Å². The molecule has 0 saturated heterocycles. The van der Waals surface area contributed by atoms with Crippen LogP contribution in [0, 0.1) is 5.92 Å². The highest BCUT2D eigenvalue weighted by Crippen LogP contribution is 2.21. The molecule has 2 N–H and O–H groups in total. The molecule has 0 bridgehead atoms. The Morgan fingerprint density at radius 1 is 1.17 bits per heavy atom. The van der Waals surface area contributed by atoms with Crippen LogP contribution < -0.4 is 15.4 Å². The predicted octanol–water partition coefficient (Wildman–Crippen LogP) is 3.29. The Labute approximate surface area is 171 Å². The number of rotatable bonds is 8. The van der Waals surface area contributed by atoms with Crippen LogP contribution in [0.4, 0.5) is 19.0 Å². The number of aromatic nitrogens is 3. The van der Waals surface area contributed by atoms with Gasteiger partial charge in [0.1, 0.15) is 17.8 Å². The van der Waals surface area contributed by atoms with Crippen LogP contribution in [-0.4, -0.2) is 39.5 Å². The first-order chi connectivity index (χ1) is 14.1. The van der Waals surface area contributed by atoms with Gasteiger partial charge in [-0.2, -0.15) is 13.2 Å². The second-order valence-corrected chi connectivity index (χ2v) is 6.70. The van der Waals surface area contributed by atoms with Gasteiger partial charge in [-0.15, -0.1) is 0 Å². The van der Waals surface area contributed by atoms with Gasteiger partial charge in [0.15, 0.2) is 6.61 Å². The highest BCUT2D eigenvalue weighted by molar-refractivity contribution is 5.95. The lowest BCUT2D eigenvalue weighted by molar-refractivity contribution is -0.154. The Hall–Kier alpha value is -3.24. The molecule has 2 amide bonds. The maximum atomic E-state index is 12.6. The Morgan fingerprint density at radius 3 is 2.47 bits per heavy atom. The summed E-state index contributed by atoms with van der Waals surface area (Å²) in [5, 5.41) is 5.37. The van der Waals surface area contributed by atoms with Crippen molar-refractivity contribution in [2.24, 2.45) is 5.92 Å². The lowest BCUT2D eigenvalue weighted by Crippen LogP contribution is -2.29. The summed E-state index contributed by atoms with van der Waals surface area (Å²) in [6.45, 7) is 3.84. The van der Waals surface area contributed by atoms with E-state index in [2.05, 4.69) is 30.3 Å². The number of ether oxygens (including phenoxy) is 1. The molecular formula is C19H22F3N5O3. The van der Waals surface area contributed by atoms with E-state index >= 15 is 0 Å². The van der Waals surface area contributed by atoms with Crippen LogP contribution >= 0.6 is 0 Å². The molecule has 2 aromatic heterocycles. The Bertz CT molecular complexity index is 872. The molecule has 2 heterocycles. The zero-order valence-corrected chi connectivity index (χ0v) is 16.7. The van der Waals surface area contributed by atoms with Gasteiger partial charge in [0.25, 0.3) is 5.91 Å². The molecule has 11 heteroatoms. The number of pyridine rings is 1. The summed E-state index contributed by atoms with van der Waals surface area (Å²) in [4.78, 5) is 36.0. The van der Waals surface area contributed by atoms with Crippen LogP contribution in [0.5, 0.6) is 5.88 Å². The van der Waals surface area contributed by atoms with Gasteiger partial charge in [-0.1, -0.05) is 26.8 Å². The lowest BCUT2D eigenvalue weighted by atomic mass is 10.1. The van der Waals surface area contributed by atoms with E-state index in [1.165, 1.54) is 30.7 Å². The summed E-state index contributed by atoms with van der Waals surface area (Å²) < 4.78 is 41.2. The van der Waals surface area contributed by atoms with Crippen LogP contribution in [0.2, 0.25) is 0 Å². The topological polar surface area (TPSA) is 106 Å². The van der Waals surface area contributed by atoms with E-state index in [-0.39, 0.29) is 29.2 Å². The predicted molar refractivity (Wildman–Crippen MR) is 102 cm³/mol. The Morgan fingerprint density at radius 2 is 1.90 bits per heavy atom. The first-order valence-electron chi connectivity index (χ1n) is 9.18. The van der Waals surface area contributed by atoms with E-state index in [0.717, 1.165) is 0 Å². The monoisotopic (exact) mass is 425 g/mol. The number of alkyl halides is 3. The third kappa shape index (κ3) is 6.98. The van der Waals surface area contributed by atoms with E-state index in [9.17, 15) is 22.8 Å². The summed E-state index contributed by atoms with van der Waals surface area (Å²) in [6.07, 6.45) is -1.45. The average molecular weight is 425 g/mol. The summed E-state index contributed by atoms with van der Waals surface area (Å²) in [5.74, 6) is -0.960. The zero-order chi connectivity index (χ0) is 22.3. The third-order valence-electron chi connectivity index (χ3n) is 3.93. The number of hydrogen-bond acceptors (Lipinski definition) is 6. The van der Waals surface area contributed by atoms with Crippen LogP contribution in [0.25, 0.3) is 0 Å². The maximum Gasteiger partial charge on any atom is 0.422 e. The molecule has 2 aromatic rings. The molecule has 2 rings (SSSR count). The smallest absolute Gasteiger partial charge is 0.422 e. The third-order valence-corrected chi connectivity index (χ3v) is 3.93. The number of amides is 2. The second-order valence-electron chi connectivity index (χ2n) is 6.70. The molecule has 162 valence electrons. The number of carbonyl (C=O) groups excluding carboxylic acids is 2. The number of halogens is 3. The summed E-state index contributed by atoms with van der Waals surface area (Å²) >= 11 is 0. The zero-order valence-electron chi connectivity index (χ0n) is 16.7. The van der Waals surface area contributed by atoms with Gasteiger partial charge >= 0.3 is 6.18 Å². The van der Waals surface area contributed by atoms with E-state index in [1.807, 2.05) is 6.92 Å². The molecule has 0 radical (unpaired) electrons. The fourth-order valence-corrected chi connectivity index (χ4v) is 2.31. The molecule has 1 atom stereocenters. The first-order valence-corrected chi connectivity index (χ1v) is 9.18. The molecular weight excluding hydrogens is 403 g/mol. The largest absolute Gasteiger partial charge is 0.468 e. The molecule has 0 aromatic carbocycles. The van der Waals surface area contributed by atoms with Crippen LogP contribution in [-0.2, 0) is 4.79 Å². The van der Waals surface area contributed by atoms with Crippen molar-refractivity contribution in [3.63, 3.8) is 0 Å². The van der Waals surface area contributed by atoms with Gasteiger partial charge in [-0.3, -0.25) is 9.59 Å². The van der Waals surface area contributed by atoms with Crippen molar-refractivity contribution in [3.8, 4) is 5.88 Å². The number of carbonyl (C=O) groups is 2. The molecule has 30 heavy (non-hydrogen) atoms.